The second-order valence-corrected chi connectivity index (χ2v) is 7.37. The number of anilines is 1. The summed E-state index contributed by atoms with van der Waals surface area (Å²) in [5.41, 5.74) is -0.449. The van der Waals surface area contributed by atoms with E-state index in [4.69, 9.17) is 5.11 Å². The zero-order chi connectivity index (χ0) is 20.5. The van der Waals surface area contributed by atoms with Gasteiger partial charge in [-0.15, -0.1) is 11.8 Å². The van der Waals surface area contributed by atoms with Crippen LogP contribution in [0, 0.1) is 0 Å². The number of carboxylic acid groups (broad SMARTS) is 1. The van der Waals surface area contributed by atoms with E-state index in [0.717, 1.165) is 6.20 Å². The highest BCUT2D eigenvalue weighted by atomic mass is 32.2. The number of benzene rings is 1. The fourth-order valence-electron chi connectivity index (χ4n) is 2.85. The van der Waals surface area contributed by atoms with Crippen LogP contribution in [0.1, 0.15) is 26.9 Å². The summed E-state index contributed by atoms with van der Waals surface area (Å²) in [6, 6.07) is 5.06. The molecule has 0 aliphatic carbocycles. The predicted molar refractivity (Wildman–Crippen MR) is 95.1 cm³/mol. The zero-order valence-corrected chi connectivity index (χ0v) is 15.0. The van der Waals surface area contributed by atoms with Crippen molar-refractivity contribution in [1.82, 2.24) is 9.97 Å². The van der Waals surface area contributed by atoms with E-state index in [1.165, 1.54) is 23.9 Å². The van der Waals surface area contributed by atoms with E-state index in [2.05, 4.69) is 15.3 Å². The summed E-state index contributed by atoms with van der Waals surface area (Å²) in [4.78, 5) is 18.0. The second-order valence-electron chi connectivity index (χ2n) is 6.20. The van der Waals surface area contributed by atoms with Crippen LogP contribution in [0.4, 0.5) is 19.0 Å². The average molecular weight is 415 g/mol. The van der Waals surface area contributed by atoms with Crippen molar-refractivity contribution in [3.05, 3.63) is 53.5 Å². The van der Waals surface area contributed by atoms with Crippen molar-refractivity contribution in [2.45, 2.75) is 29.7 Å². The van der Waals surface area contributed by atoms with Gasteiger partial charge in [-0.1, -0.05) is 12.1 Å². The number of hydrogen-bond acceptors (Lipinski definition) is 7. The highest BCUT2D eigenvalue weighted by Gasteiger charge is 2.40. The minimum absolute atomic E-state index is 0.0818. The monoisotopic (exact) mass is 415 g/mol. The lowest BCUT2D eigenvalue weighted by Crippen LogP contribution is -2.49. The molecule has 0 unspecified atom stereocenters. The number of thioether (sulfide) groups is 1. The molecule has 0 saturated carbocycles. The van der Waals surface area contributed by atoms with Crippen LogP contribution in [0.3, 0.4) is 0 Å². The maximum atomic E-state index is 12.9. The summed E-state index contributed by atoms with van der Waals surface area (Å²) < 4.78 is 38.6. The highest BCUT2D eigenvalue weighted by molar-refractivity contribution is 7.99. The number of carbonyl (C=O) groups is 1. The first-order valence-corrected chi connectivity index (χ1v) is 9.18. The minimum Gasteiger partial charge on any atom is -0.478 e. The molecule has 7 nitrogen and oxygen atoms in total. The van der Waals surface area contributed by atoms with E-state index in [9.17, 15) is 28.2 Å². The first kappa shape index (κ1) is 20.4. The Kier molecular flexibility index (Phi) is 5.77. The summed E-state index contributed by atoms with van der Waals surface area (Å²) in [6.45, 7) is 0. The van der Waals surface area contributed by atoms with Crippen LogP contribution in [0.25, 0.3) is 0 Å². The van der Waals surface area contributed by atoms with Crippen LogP contribution in [0.2, 0.25) is 0 Å². The average Bonchev–Trinajstić information content (AvgIpc) is 2.65. The molecule has 11 heteroatoms. The summed E-state index contributed by atoms with van der Waals surface area (Å²) in [5.74, 6) is -1.08. The van der Waals surface area contributed by atoms with E-state index in [1.54, 1.807) is 12.1 Å². The van der Waals surface area contributed by atoms with E-state index < -0.39 is 41.3 Å². The maximum Gasteiger partial charge on any atom is 0.434 e. The summed E-state index contributed by atoms with van der Waals surface area (Å²) in [5, 5.41) is 31.7. The third-order valence-corrected chi connectivity index (χ3v) is 5.72. The third kappa shape index (κ3) is 4.37. The molecule has 3 rings (SSSR count). The highest BCUT2D eigenvalue weighted by Crippen LogP contribution is 2.40. The zero-order valence-electron chi connectivity index (χ0n) is 14.2. The predicted octanol–water partition coefficient (Wildman–Crippen LogP) is 2.18. The fraction of sp³-hybridized carbons (Fsp3) is 0.353. The number of nitrogens with zero attached hydrogens (tertiary/aromatic N) is 2. The molecule has 2 aromatic rings. The molecule has 1 aromatic carbocycles. The van der Waals surface area contributed by atoms with Gasteiger partial charge in [-0.3, -0.25) is 4.98 Å². The Hall–Kier alpha value is -2.37. The van der Waals surface area contributed by atoms with Gasteiger partial charge >= 0.3 is 12.1 Å². The standard InChI is InChI=1S/C17H16F3N3O4S/c18-17(19,20)11-5-21-6-12(22-11)23-13-14(25)10(24)7-28-15(13)8-1-3-9(4-2-8)16(26)27/h1-6,10,13-15,24-25H,7H2,(H,22,23)(H,26,27)/t10-,13+,14-,15+/m0/s1. The quantitative estimate of drug-likeness (QED) is 0.601. The number of rotatable bonds is 4. The van der Waals surface area contributed by atoms with Crippen molar-refractivity contribution >= 4 is 23.5 Å². The molecular weight excluding hydrogens is 399 g/mol. The third-order valence-electron chi connectivity index (χ3n) is 4.26. The van der Waals surface area contributed by atoms with E-state index >= 15 is 0 Å². The van der Waals surface area contributed by atoms with Crippen molar-refractivity contribution < 1.29 is 33.3 Å². The van der Waals surface area contributed by atoms with Gasteiger partial charge in [-0.05, 0) is 17.7 Å². The molecule has 1 fully saturated rings. The molecule has 4 N–H and O–H groups in total. The number of aromatic nitrogens is 2. The molecule has 1 saturated heterocycles. The number of aliphatic hydroxyl groups excluding tert-OH is 2. The van der Waals surface area contributed by atoms with Crippen molar-refractivity contribution in [1.29, 1.82) is 0 Å². The van der Waals surface area contributed by atoms with Gasteiger partial charge in [-0.2, -0.15) is 13.2 Å². The summed E-state index contributed by atoms with van der Waals surface area (Å²) in [7, 11) is 0. The van der Waals surface area contributed by atoms with Gasteiger partial charge in [0, 0.05) is 5.75 Å². The lowest BCUT2D eigenvalue weighted by molar-refractivity contribution is -0.141. The lowest BCUT2D eigenvalue weighted by Gasteiger charge is -2.39. The normalized spacial score (nSPS) is 25.3. The Bertz CT molecular complexity index is 850. The van der Waals surface area contributed by atoms with Crippen molar-refractivity contribution in [2.75, 3.05) is 11.1 Å². The van der Waals surface area contributed by atoms with Crippen LogP contribution >= 0.6 is 11.8 Å². The van der Waals surface area contributed by atoms with Crippen molar-refractivity contribution in [3.63, 3.8) is 0 Å². The largest absolute Gasteiger partial charge is 0.478 e. The molecule has 1 aliphatic heterocycles. The Balaban J connectivity index is 1.89. The minimum atomic E-state index is -4.67. The van der Waals surface area contributed by atoms with Gasteiger partial charge in [0.15, 0.2) is 5.69 Å². The molecule has 0 bridgehead atoms. The van der Waals surface area contributed by atoms with Gasteiger partial charge in [0.2, 0.25) is 0 Å². The van der Waals surface area contributed by atoms with E-state index in [1.807, 2.05) is 0 Å². The molecule has 28 heavy (non-hydrogen) atoms. The number of halogens is 3. The van der Waals surface area contributed by atoms with E-state index in [0.29, 0.717) is 11.8 Å². The molecule has 0 spiro atoms. The van der Waals surface area contributed by atoms with Gasteiger partial charge in [0.1, 0.15) is 11.9 Å². The Labute approximate surface area is 161 Å². The maximum absolute atomic E-state index is 12.9. The summed E-state index contributed by atoms with van der Waals surface area (Å²) >= 11 is 1.29. The van der Waals surface area contributed by atoms with Crippen LogP contribution < -0.4 is 5.32 Å². The number of alkyl halides is 3. The number of nitrogens with one attached hydrogen (secondary N) is 1. The van der Waals surface area contributed by atoms with Gasteiger partial charge in [-0.25, -0.2) is 9.78 Å². The lowest BCUT2D eigenvalue weighted by atomic mass is 9.96. The molecular formula is C17H16F3N3O4S. The molecule has 1 aliphatic rings. The topological polar surface area (TPSA) is 116 Å². The summed E-state index contributed by atoms with van der Waals surface area (Å²) in [6.07, 6.45) is -5.35. The van der Waals surface area contributed by atoms with Crippen molar-refractivity contribution in [3.8, 4) is 0 Å². The second kappa shape index (κ2) is 7.94. The Morgan fingerprint density at radius 2 is 1.86 bits per heavy atom. The first-order chi connectivity index (χ1) is 13.2. The first-order valence-electron chi connectivity index (χ1n) is 8.13. The molecule has 0 radical (unpaired) electrons. The number of hydrogen-bond donors (Lipinski definition) is 4. The molecule has 0 amide bonds. The number of aliphatic hydroxyl groups is 2. The van der Waals surface area contributed by atoms with Crippen molar-refractivity contribution in [2.24, 2.45) is 0 Å². The SMILES string of the molecule is O=C(O)c1ccc([C@H]2SC[C@H](O)[C@H](O)[C@H]2Nc2cncc(C(F)(F)F)n2)cc1. The van der Waals surface area contributed by atoms with E-state index in [-0.39, 0.29) is 17.1 Å². The van der Waals surface area contributed by atoms with Gasteiger partial charge < -0.3 is 20.6 Å². The fourth-order valence-corrected chi connectivity index (χ4v) is 4.23. The molecule has 4 atom stereocenters. The van der Waals surface area contributed by atoms with Gasteiger partial charge in [0.25, 0.3) is 0 Å². The van der Waals surface area contributed by atoms with Crippen LogP contribution in [-0.2, 0) is 6.18 Å². The molecule has 1 aromatic heterocycles. The van der Waals surface area contributed by atoms with Crippen LogP contribution in [-0.4, -0.2) is 55.3 Å². The smallest absolute Gasteiger partial charge is 0.434 e. The Morgan fingerprint density at radius 1 is 1.18 bits per heavy atom. The van der Waals surface area contributed by atoms with Crippen LogP contribution in [0.5, 0.6) is 0 Å². The van der Waals surface area contributed by atoms with Gasteiger partial charge in [0.05, 0.1) is 35.4 Å². The molecule has 150 valence electrons. The number of carboxylic acids is 1. The Morgan fingerprint density at radius 3 is 2.46 bits per heavy atom. The number of aromatic carboxylic acids is 1. The molecule has 2 heterocycles. The van der Waals surface area contributed by atoms with Crippen LogP contribution in [0.15, 0.2) is 36.7 Å².